The Morgan fingerprint density at radius 1 is 0.604 bits per heavy atom. The van der Waals surface area contributed by atoms with Gasteiger partial charge in [-0.15, -0.1) is 34.2 Å². The monoisotopic (exact) mass is 948 g/mol. The van der Waals surface area contributed by atoms with Crippen molar-refractivity contribution in [3.05, 3.63) is 123 Å². The summed E-state index contributed by atoms with van der Waals surface area (Å²) in [4.78, 5) is 0. The second-order valence-corrected chi connectivity index (χ2v) is 40.6. The minimum Gasteiger partial charge on any atom is -0.358 e. The summed E-state index contributed by atoms with van der Waals surface area (Å²) in [7, 11) is -5.29. The number of allylic oxidation sites excluding steroid dienone is 1. The van der Waals surface area contributed by atoms with Gasteiger partial charge in [0.1, 0.15) is 0 Å². The van der Waals surface area contributed by atoms with Gasteiger partial charge in [0.25, 0.3) is 0 Å². The minimum absolute atomic E-state index is 0. The Bertz CT molecular complexity index is 2030. The maximum atomic E-state index is 4.34. The van der Waals surface area contributed by atoms with E-state index in [2.05, 4.69) is 176 Å². The molecule has 0 N–H and O–H groups in total. The Labute approximate surface area is 350 Å². The molecule has 0 bridgehead atoms. The van der Waals surface area contributed by atoms with Crippen LogP contribution in [0, 0.1) is 21.8 Å². The molecule has 5 aromatic carbocycles. The summed E-state index contributed by atoms with van der Waals surface area (Å²) in [6.45, 7) is 34.2. The summed E-state index contributed by atoms with van der Waals surface area (Å²) in [5.41, 5.74) is 8.56. The van der Waals surface area contributed by atoms with Crippen LogP contribution in [-0.4, -0.2) is 41.8 Å². The predicted octanol–water partition coefficient (Wildman–Crippen LogP) is 11.1. The zero-order valence-electron chi connectivity index (χ0n) is 35.4. The maximum absolute atomic E-state index is 4.34. The van der Waals surface area contributed by atoms with Crippen LogP contribution in [0.2, 0.25) is 78.6 Å². The van der Waals surface area contributed by atoms with E-state index in [1.807, 2.05) is 0 Å². The number of hydrogen-bond acceptors (Lipinski definition) is 0. The molecule has 0 fully saturated rings. The van der Waals surface area contributed by atoms with Crippen molar-refractivity contribution in [3.8, 4) is 22.3 Å². The Hall–Kier alpha value is -1.82. The second kappa shape index (κ2) is 16.7. The normalized spacial score (nSPS) is 14.6. The third kappa shape index (κ3) is 9.77. The zero-order chi connectivity index (χ0) is 36.4. The van der Waals surface area contributed by atoms with Crippen molar-refractivity contribution < 1.29 is 25.8 Å². The standard InChI is InChI=1S/C45H58Si5.2CH3.Hf/c1-14-17-42-41-21-16-20-40(33-25-37(49(8,9)10)29-38(26-33)50(11,12)13)44(41)30-45(42)46-34-22-31-18-15-19-39(43(31)27-34)32-23-35(47(2,3)4)28-36(24-32)48(5,6)7;;;/h15-16,18-30,42H,1,14,17H2,2-13H3;2*1H3;/q-2;2*-1;+4. The van der Waals surface area contributed by atoms with Crippen molar-refractivity contribution in [2.24, 2.45) is 0 Å². The average Bonchev–Trinajstić information content (AvgIpc) is 3.59. The van der Waals surface area contributed by atoms with Gasteiger partial charge < -0.3 is 21.8 Å². The molecule has 6 heteroatoms. The molecule has 276 valence electrons. The molecule has 1 unspecified atom stereocenters. The van der Waals surface area contributed by atoms with Crippen LogP contribution < -0.4 is 25.9 Å². The summed E-state index contributed by atoms with van der Waals surface area (Å²) in [5.74, 6) is 0.433. The molecule has 1 aliphatic carbocycles. The first-order valence-electron chi connectivity index (χ1n) is 18.7. The van der Waals surface area contributed by atoms with Crippen LogP contribution >= 0.6 is 0 Å². The van der Waals surface area contributed by atoms with E-state index < -0.39 is 32.3 Å². The van der Waals surface area contributed by atoms with Crippen LogP contribution in [0.5, 0.6) is 0 Å². The first-order valence-corrected chi connectivity index (χ1v) is 33.7. The summed E-state index contributed by atoms with van der Waals surface area (Å²) < 4.78 is 0. The van der Waals surface area contributed by atoms with Gasteiger partial charge in [-0.2, -0.15) is 12.5 Å². The van der Waals surface area contributed by atoms with Crippen LogP contribution in [0.25, 0.3) is 39.1 Å². The topological polar surface area (TPSA) is 0 Å². The van der Waals surface area contributed by atoms with E-state index in [0.29, 0.717) is 15.4 Å². The predicted molar refractivity (Wildman–Crippen MR) is 252 cm³/mol. The van der Waals surface area contributed by atoms with Gasteiger partial charge in [-0.05, 0) is 33.7 Å². The molecule has 5 aromatic rings. The third-order valence-corrected chi connectivity index (χ3v) is 20.1. The minimum atomic E-state index is -1.49. The van der Waals surface area contributed by atoms with E-state index in [9.17, 15) is 0 Å². The zero-order valence-corrected chi connectivity index (χ0v) is 44.0. The Balaban J connectivity index is 0.00000252. The van der Waals surface area contributed by atoms with Gasteiger partial charge in [-0.25, -0.2) is 0 Å². The van der Waals surface area contributed by atoms with Gasteiger partial charge in [-0.1, -0.05) is 183 Å². The molecule has 0 nitrogen and oxygen atoms in total. The molecule has 53 heavy (non-hydrogen) atoms. The van der Waals surface area contributed by atoms with Crippen LogP contribution in [-0.2, 0) is 25.8 Å². The first-order chi connectivity index (χ1) is 23.2. The number of hydrogen-bond donors (Lipinski definition) is 0. The van der Waals surface area contributed by atoms with Gasteiger partial charge >= 0.3 is 25.8 Å². The fourth-order valence-electron chi connectivity index (χ4n) is 7.39. The van der Waals surface area contributed by atoms with Crippen molar-refractivity contribution >= 4 is 84.6 Å². The summed E-state index contributed by atoms with van der Waals surface area (Å²) in [6, 6.07) is 34.2. The van der Waals surface area contributed by atoms with Crippen LogP contribution in [0.4, 0.5) is 0 Å². The van der Waals surface area contributed by atoms with E-state index in [1.54, 1.807) is 25.9 Å². The Morgan fingerprint density at radius 3 is 1.53 bits per heavy atom. The van der Waals surface area contributed by atoms with Crippen LogP contribution in [0.15, 0.2) is 90.1 Å². The quantitative estimate of drug-likeness (QED) is 0.0967. The fraction of sp³-hybridized carbons (Fsp3) is 0.319. The van der Waals surface area contributed by atoms with Gasteiger partial charge in [0, 0.05) is 0 Å². The molecule has 1 atom stereocenters. The molecule has 0 saturated heterocycles. The molecule has 0 saturated carbocycles. The molecule has 6 rings (SSSR count). The van der Waals surface area contributed by atoms with Gasteiger partial charge in [0.2, 0.25) is 0 Å². The van der Waals surface area contributed by atoms with E-state index >= 15 is 0 Å². The van der Waals surface area contributed by atoms with Crippen LogP contribution in [0.1, 0.15) is 29.9 Å². The smallest absolute Gasteiger partial charge is 0.358 e. The molecule has 0 aromatic heterocycles. The van der Waals surface area contributed by atoms with Gasteiger partial charge in [-0.3, -0.25) is 0 Å². The van der Waals surface area contributed by atoms with Crippen LogP contribution in [0.3, 0.4) is 0 Å². The van der Waals surface area contributed by atoms with Crippen molar-refractivity contribution in [2.45, 2.75) is 97.3 Å². The molecule has 0 amide bonds. The number of fused-ring (bicyclic) bond motifs is 2. The molecule has 2 radical (unpaired) electrons. The van der Waals surface area contributed by atoms with E-state index in [1.165, 1.54) is 49.3 Å². The van der Waals surface area contributed by atoms with Gasteiger partial charge in [0.15, 0.2) is 0 Å². The van der Waals surface area contributed by atoms with Crippen molar-refractivity contribution in [1.82, 2.24) is 0 Å². The van der Waals surface area contributed by atoms with E-state index in [4.69, 9.17) is 0 Å². The molecule has 0 spiro atoms. The largest absolute Gasteiger partial charge is 4.00 e. The molecule has 0 aliphatic heterocycles. The van der Waals surface area contributed by atoms with E-state index in [-0.39, 0.29) is 40.7 Å². The second-order valence-electron chi connectivity index (χ2n) is 18.9. The average molecular weight is 948 g/mol. The Morgan fingerprint density at radius 2 is 1.06 bits per heavy atom. The van der Waals surface area contributed by atoms with E-state index in [0.717, 1.165) is 12.8 Å². The number of rotatable bonds is 10. The summed E-state index contributed by atoms with van der Waals surface area (Å²) in [6.07, 6.45) is 4.62. The maximum Gasteiger partial charge on any atom is 4.00 e. The van der Waals surface area contributed by atoms with Gasteiger partial charge in [0.05, 0.1) is 41.8 Å². The fourth-order valence-corrected chi connectivity index (χ4v) is 13.9. The number of benzene rings is 4. The first kappa shape index (κ1) is 45.6. The van der Waals surface area contributed by atoms with Crippen molar-refractivity contribution in [3.63, 3.8) is 0 Å². The Kier molecular flexibility index (Phi) is 14.4. The van der Waals surface area contributed by atoms with Crippen molar-refractivity contribution in [2.75, 3.05) is 0 Å². The SMILES string of the molecule is [CH2-]CCC1C([Si]c2cc3c(-c4cc([Si](C)(C)C)cc([Si](C)(C)C)c4)cccc3[cH-]2)=Cc2c(-c3cc([Si](C)(C)C)cc([Si](C)(C)C)c3)cccc21.[CH3-].[CH3-].[Hf+4]. The summed E-state index contributed by atoms with van der Waals surface area (Å²) in [5, 5.41) is 12.1. The third-order valence-electron chi connectivity index (χ3n) is 10.7. The molecular weight excluding hydrogens is 883 g/mol. The summed E-state index contributed by atoms with van der Waals surface area (Å²) >= 11 is 0. The molecule has 1 aliphatic rings. The van der Waals surface area contributed by atoms with Crippen molar-refractivity contribution in [1.29, 1.82) is 0 Å². The molecule has 0 heterocycles. The molecular formula is C47H64HfSi5.